The van der Waals surface area contributed by atoms with Crippen molar-refractivity contribution in [2.75, 3.05) is 5.75 Å². The van der Waals surface area contributed by atoms with Crippen LogP contribution in [-0.4, -0.2) is 25.5 Å². The number of benzene rings is 1. The Hall–Kier alpha value is -1.01. The Balaban J connectivity index is 2.14. The Morgan fingerprint density at radius 2 is 1.84 bits per heavy atom. The molecule has 0 spiro atoms. The molecule has 1 aliphatic heterocycles. The highest BCUT2D eigenvalue weighted by Crippen LogP contribution is 2.23. The van der Waals surface area contributed by atoms with E-state index in [1.54, 1.807) is 0 Å². The molecular weight excluding hydrogens is 272 g/mol. The lowest BCUT2D eigenvalue weighted by molar-refractivity contribution is 0.493. The van der Waals surface area contributed by atoms with Gasteiger partial charge in [-0.25, -0.2) is 17.2 Å². The molecule has 1 fully saturated rings. The SMILES string of the molecule is NC(Cc1cc(F)cc(F)c1)C1CCCCS1(=O)=O. The van der Waals surface area contributed by atoms with Crippen molar-refractivity contribution in [3.63, 3.8) is 0 Å². The molecule has 0 radical (unpaired) electrons. The molecule has 19 heavy (non-hydrogen) atoms. The van der Waals surface area contributed by atoms with Crippen LogP contribution in [0.2, 0.25) is 0 Å². The molecule has 1 heterocycles. The Bertz CT molecular complexity index is 540. The second kappa shape index (κ2) is 5.54. The van der Waals surface area contributed by atoms with Crippen molar-refractivity contribution in [2.45, 2.75) is 37.0 Å². The Kier molecular flexibility index (Phi) is 4.20. The number of hydrogen-bond donors (Lipinski definition) is 1. The molecule has 2 N–H and O–H groups in total. The zero-order valence-electron chi connectivity index (χ0n) is 10.5. The summed E-state index contributed by atoms with van der Waals surface area (Å²) < 4.78 is 50.0. The minimum Gasteiger partial charge on any atom is -0.326 e. The van der Waals surface area contributed by atoms with Crippen LogP contribution >= 0.6 is 0 Å². The van der Waals surface area contributed by atoms with Crippen molar-refractivity contribution in [2.24, 2.45) is 5.73 Å². The lowest BCUT2D eigenvalue weighted by atomic mass is 10.00. The number of sulfone groups is 1. The lowest BCUT2D eigenvalue weighted by Gasteiger charge is -2.27. The highest BCUT2D eigenvalue weighted by atomic mass is 32.2. The molecule has 1 aliphatic rings. The van der Waals surface area contributed by atoms with Crippen molar-refractivity contribution in [3.05, 3.63) is 35.4 Å². The predicted octanol–water partition coefficient (Wildman–Crippen LogP) is 1.80. The van der Waals surface area contributed by atoms with Crippen LogP contribution in [0.1, 0.15) is 24.8 Å². The molecule has 0 bridgehead atoms. The standard InChI is InChI=1S/C13H17F2NO2S/c14-10-5-9(6-11(15)8-10)7-12(16)13-3-1-2-4-19(13,17)18/h5-6,8,12-13H,1-4,7,16H2. The maximum absolute atomic E-state index is 13.1. The van der Waals surface area contributed by atoms with Gasteiger partial charge >= 0.3 is 0 Å². The van der Waals surface area contributed by atoms with Gasteiger partial charge in [0.1, 0.15) is 11.6 Å². The molecule has 0 amide bonds. The Morgan fingerprint density at radius 1 is 1.21 bits per heavy atom. The summed E-state index contributed by atoms with van der Waals surface area (Å²) in [4.78, 5) is 0. The summed E-state index contributed by atoms with van der Waals surface area (Å²) in [5.74, 6) is -1.19. The number of nitrogens with two attached hydrogens (primary N) is 1. The summed E-state index contributed by atoms with van der Waals surface area (Å²) in [6, 6.07) is 2.55. The van der Waals surface area contributed by atoms with Gasteiger partial charge in [0.15, 0.2) is 9.84 Å². The maximum Gasteiger partial charge on any atom is 0.154 e. The van der Waals surface area contributed by atoms with E-state index in [-0.39, 0.29) is 12.2 Å². The van der Waals surface area contributed by atoms with Crippen molar-refractivity contribution >= 4 is 9.84 Å². The molecule has 2 atom stereocenters. The molecule has 6 heteroatoms. The number of hydrogen-bond acceptors (Lipinski definition) is 3. The van der Waals surface area contributed by atoms with Gasteiger partial charge in [0.2, 0.25) is 0 Å². The van der Waals surface area contributed by atoms with E-state index < -0.39 is 32.8 Å². The third-order valence-corrected chi connectivity index (χ3v) is 5.87. The lowest BCUT2D eigenvalue weighted by Crippen LogP contribution is -2.44. The van der Waals surface area contributed by atoms with Gasteiger partial charge in [-0.1, -0.05) is 6.42 Å². The van der Waals surface area contributed by atoms with Crippen LogP contribution in [0, 0.1) is 11.6 Å². The van der Waals surface area contributed by atoms with Crippen molar-refractivity contribution in [1.29, 1.82) is 0 Å². The number of rotatable bonds is 3. The zero-order valence-corrected chi connectivity index (χ0v) is 11.3. The van der Waals surface area contributed by atoms with E-state index in [4.69, 9.17) is 5.73 Å². The largest absolute Gasteiger partial charge is 0.326 e. The van der Waals surface area contributed by atoms with Gasteiger partial charge < -0.3 is 5.73 Å². The zero-order chi connectivity index (χ0) is 14.0. The van der Waals surface area contributed by atoms with Gasteiger partial charge in [-0.3, -0.25) is 0 Å². The highest BCUT2D eigenvalue weighted by molar-refractivity contribution is 7.92. The quantitative estimate of drug-likeness (QED) is 0.923. The van der Waals surface area contributed by atoms with Crippen LogP contribution in [0.5, 0.6) is 0 Å². The maximum atomic E-state index is 13.1. The average Bonchev–Trinajstić information content (AvgIpc) is 2.26. The predicted molar refractivity (Wildman–Crippen MR) is 69.5 cm³/mol. The normalized spacial score (nSPS) is 24.1. The molecule has 1 aromatic carbocycles. The van der Waals surface area contributed by atoms with Crippen LogP contribution in [0.4, 0.5) is 8.78 Å². The molecule has 3 nitrogen and oxygen atoms in total. The van der Waals surface area contributed by atoms with Crippen LogP contribution in [0.3, 0.4) is 0 Å². The molecular formula is C13H17F2NO2S. The minimum atomic E-state index is -3.18. The molecule has 2 unspecified atom stereocenters. The molecule has 0 saturated carbocycles. The van der Waals surface area contributed by atoms with E-state index in [9.17, 15) is 17.2 Å². The molecule has 2 rings (SSSR count). The van der Waals surface area contributed by atoms with E-state index in [2.05, 4.69) is 0 Å². The van der Waals surface area contributed by atoms with Crippen LogP contribution in [0.25, 0.3) is 0 Å². The van der Waals surface area contributed by atoms with Gasteiger partial charge in [-0.05, 0) is 37.0 Å². The molecule has 0 aliphatic carbocycles. The summed E-state index contributed by atoms with van der Waals surface area (Å²) in [6.07, 6.45) is 2.19. The van der Waals surface area contributed by atoms with Crippen LogP contribution < -0.4 is 5.73 Å². The average molecular weight is 289 g/mol. The van der Waals surface area contributed by atoms with Crippen LogP contribution in [-0.2, 0) is 16.3 Å². The van der Waals surface area contributed by atoms with E-state index >= 15 is 0 Å². The first-order valence-corrected chi connectivity index (χ1v) is 8.02. The van der Waals surface area contributed by atoms with Crippen LogP contribution in [0.15, 0.2) is 18.2 Å². The van der Waals surface area contributed by atoms with Gasteiger partial charge in [-0.2, -0.15) is 0 Å². The van der Waals surface area contributed by atoms with E-state index in [1.165, 1.54) is 12.1 Å². The van der Waals surface area contributed by atoms with Crippen molar-refractivity contribution in [3.8, 4) is 0 Å². The first-order chi connectivity index (χ1) is 8.88. The second-order valence-corrected chi connectivity index (χ2v) is 7.39. The monoisotopic (exact) mass is 289 g/mol. The van der Waals surface area contributed by atoms with Gasteiger partial charge in [0, 0.05) is 12.1 Å². The molecule has 1 saturated heterocycles. The van der Waals surface area contributed by atoms with Crippen molar-refractivity contribution in [1.82, 2.24) is 0 Å². The van der Waals surface area contributed by atoms with Crippen molar-refractivity contribution < 1.29 is 17.2 Å². The van der Waals surface area contributed by atoms with Gasteiger partial charge in [0.05, 0.1) is 11.0 Å². The minimum absolute atomic E-state index is 0.156. The first kappa shape index (κ1) is 14.4. The molecule has 0 aromatic heterocycles. The summed E-state index contributed by atoms with van der Waals surface area (Å²) in [7, 11) is -3.18. The van der Waals surface area contributed by atoms with Gasteiger partial charge in [-0.15, -0.1) is 0 Å². The summed E-state index contributed by atoms with van der Waals surface area (Å²) in [6.45, 7) is 0. The summed E-state index contributed by atoms with van der Waals surface area (Å²) in [5, 5.41) is -0.604. The Labute approximate surface area is 111 Å². The van der Waals surface area contributed by atoms with E-state index in [0.717, 1.165) is 12.5 Å². The van der Waals surface area contributed by atoms with Gasteiger partial charge in [0.25, 0.3) is 0 Å². The fraction of sp³-hybridized carbons (Fsp3) is 0.538. The van der Waals surface area contributed by atoms with E-state index in [1.807, 2.05) is 0 Å². The number of halogens is 2. The molecule has 106 valence electrons. The fourth-order valence-electron chi connectivity index (χ4n) is 2.59. The molecule has 1 aromatic rings. The summed E-state index contributed by atoms with van der Waals surface area (Å²) >= 11 is 0. The summed E-state index contributed by atoms with van der Waals surface area (Å²) in [5.41, 5.74) is 6.33. The third-order valence-electron chi connectivity index (χ3n) is 3.50. The Morgan fingerprint density at radius 3 is 2.42 bits per heavy atom. The topological polar surface area (TPSA) is 60.2 Å². The third kappa shape index (κ3) is 3.51. The smallest absolute Gasteiger partial charge is 0.154 e. The fourth-order valence-corrected chi connectivity index (χ4v) is 4.66. The first-order valence-electron chi connectivity index (χ1n) is 6.30. The van der Waals surface area contributed by atoms with E-state index in [0.29, 0.717) is 18.4 Å². The second-order valence-electron chi connectivity index (χ2n) is 5.05. The highest BCUT2D eigenvalue weighted by Gasteiger charge is 2.33.